The first-order valence-corrected chi connectivity index (χ1v) is 8.08. The molecule has 6 nitrogen and oxygen atoms in total. The zero-order chi connectivity index (χ0) is 17.0. The SMILES string of the molecule is CC(NC(N)=NCC1CCC(C(N)=O)O1)c1ccc(Cl)cc1Cl. The minimum atomic E-state index is -0.517. The van der Waals surface area contributed by atoms with Crippen molar-refractivity contribution in [3.63, 3.8) is 0 Å². The number of hydrogen-bond acceptors (Lipinski definition) is 3. The molecule has 3 unspecified atom stereocenters. The fourth-order valence-electron chi connectivity index (χ4n) is 2.45. The molecule has 0 spiro atoms. The third-order valence-electron chi connectivity index (χ3n) is 3.68. The molecule has 8 heteroatoms. The van der Waals surface area contributed by atoms with Crippen molar-refractivity contribution < 1.29 is 9.53 Å². The summed E-state index contributed by atoms with van der Waals surface area (Å²) in [6.07, 6.45) is 0.709. The molecule has 5 N–H and O–H groups in total. The highest BCUT2D eigenvalue weighted by Crippen LogP contribution is 2.26. The average Bonchev–Trinajstić information content (AvgIpc) is 2.94. The molecule has 1 aliphatic rings. The summed E-state index contributed by atoms with van der Waals surface area (Å²) in [5, 5.41) is 4.21. The summed E-state index contributed by atoms with van der Waals surface area (Å²) in [6, 6.07) is 5.17. The molecule has 1 aromatic rings. The number of nitrogens with zero attached hydrogens (tertiary/aromatic N) is 1. The van der Waals surface area contributed by atoms with Gasteiger partial charge < -0.3 is 21.5 Å². The number of aliphatic imine (C=N–C) groups is 1. The Kier molecular flexibility index (Phi) is 6.10. The number of amides is 1. The molecule has 126 valence electrons. The van der Waals surface area contributed by atoms with Crippen molar-refractivity contribution in [1.82, 2.24) is 5.32 Å². The lowest BCUT2D eigenvalue weighted by Crippen LogP contribution is -2.35. The molecular formula is C15H20Cl2N4O2. The summed E-state index contributed by atoms with van der Waals surface area (Å²) in [4.78, 5) is 15.3. The zero-order valence-electron chi connectivity index (χ0n) is 12.8. The second-order valence-electron chi connectivity index (χ2n) is 5.48. The molecular weight excluding hydrogens is 339 g/mol. The van der Waals surface area contributed by atoms with Gasteiger partial charge in [0, 0.05) is 10.0 Å². The molecule has 1 heterocycles. The van der Waals surface area contributed by atoms with Crippen LogP contribution in [0.5, 0.6) is 0 Å². The van der Waals surface area contributed by atoms with Gasteiger partial charge in [-0.15, -0.1) is 0 Å². The van der Waals surface area contributed by atoms with E-state index < -0.39 is 12.0 Å². The summed E-state index contributed by atoms with van der Waals surface area (Å²) in [5.41, 5.74) is 12.0. The van der Waals surface area contributed by atoms with Gasteiger partial charge in [0.1, 0.15) is 6.10 Å². The topological polar surface area (TPSA) is 103 Å². The number of rotatable bonds is 5. The molecule has 0 saturated carbocycles. The van der Waals surface area contributed by atoms with Crippen LogP contribution in [0.2, 0.25) is 10.0 Å². The molecule has 0 bridgehead atoms. The van der Waals surface area contributed by atoms with Crippen LogP contribution in [-0.4, -0.2) is 30.6 Å². The minimum absolute atomic E-state index is 0.119. The number of nitrogens with one attached hydrogen (secondary N) is 1. The fraction of sp³-hybridized carbons (Fsp3) is 0.467. The lowest BCUT2D eigenvalue weighted by molar-refractivity contribution is -0.128. The van der Waals surface area contributed by atoms with Crippen molar-refractivity contribution in [3.8, 4) is 0 Å². The highest BCUT2D eigenvalue weighted by Gasteiger charge is 2.28. The maximum absolute atomic E-state index is 11.0. The Bertz CT molecular complexity index is 609. The molecule has 0 aliphatic carbocycles. The van der Waals surface area contributed by atoms with Crippen LogP contribution in [0.4, 0.5) is 0 Å². The number of halogens is 2. The van der Waals surface area contributed by atoms with Crippen LogP contribution in [0.15, 0.2) is 23.2 Å². The highest BCUT2D eigenvalue weighted by molar-refractivity contribution is 6.35. The Morgan fingerprint density at radius 3 is 2.78 bits per heavy atom. The van der Waals surface area contributed by atoms with Gasteiger partial charge in [0.05, 0.1) is 18.7 Å². The number of carbonyl (C=O) groups excluding carboxylic acids is 1. The number of ether oxygens (including phenoxy) is 1. The average molecular weight is 359 g/mol. The summed E-state index contributed by atoms with van der Waals surface area (Å²) in [5.74, 6) is -0.150. The first kappa shape index (κ1) is 17.8. The number of primary amides is 1. The Labute approximate surface area is 145 Å². The van der Waals surface area contributed by atoms with Gasteiger partial charge in [-0.25, -0.2) is 0 Å². The normalized spacial score (nSPS) is 22.8. The van der Waals surface area contributed by atoms with E-state index in [9.17, 15) is 4.79 Å². The zero-order valence-corrected chi connectivity index (χ0v) is 14.3. The predicted octanol–water partition coefficient (Wildman–Crippen LogP) is 1.99. The third kappa shape index (κ3) is 4.99. The Morgan fingerprint density at radius 2 is 2.17 bits per heavy atom. The standard InChI is InChI=1S/C15H20Cl2N4O2/c1-8(11-4-2-9(16)6-12(11)17)21-15(19)20-7-10-3-5-13(23-10)14(18)22/h2,4,6,8,10,13H,3,5,7H2,1H3,(H2,18,22)(H3,19,20,21). The second-order valence-corrected chi connectivity index (χ2v) is 6.33. The van der Waals surface area contributed by atoms with E-state index in [2.05, 4.69) is 10.3 Å². The number of guanidine groups is 1. The van der Waals surface area contributed by atoms with Gasteiger partial charge in [-0.3, -0.25) is 9.79 Å². The van der Waals surface area contributed by atoms with E-state index in [0.29, 0.717) is 23.0 Å². The van der Waals surface area contributed by atoms with Crippen molar-refractivity contribution >= 4 is 35.1 Å². The molecule has 1 fully saturated rings. The van der Waals surface area contributed by atoms with Gasteiger partial charge in [0.15, 0.2) is 5.96 Å². The smallest absolute Gasteiger partial charge is 0.246 e. The highest BCUT2D eigenvalue weighted by atomic mass is 35.5. The van der Waals surface area contributed by atoms with Crippen LogP contribution in [0.1, 0.15) is 31.4 Å². The van der Waals surface area contributed by atoms with Crippen molar-refractivity contribution in [3.05, 3.63) is 33.8 Å². The van der Waals surface area contributed by atoms with Crippen LogP contribution in [0.3, 0.4) is 0 Å². The third-order valence-corrected chi connectivity index (χ3v) is 4.25. The lowest BCUT2D eigenvalue weighted by atomic mass is 10.1. The van der Waals surface area contributed by atoms with E-state index >= 15 is 0 Å². The summed E-state index contributed by atoms with van der Waals surface area (Å²) >= 11 is 12.0. The molecule has 1 aromatic carbocycles. The molecule has 1 aliphatic heterocycles. The van der Waals surface area contributed by atoms with Gasteiger partial charge in [-0.1, -0.05) is 29.3 Å². The fourth-order valence-corrected chi connectivity index (χ4v) is 3.02. The van der Waals surface area contributed by atoms with Crippen molar-refractivity contribution in [2.24, 2.45) is 16.5 Å². The first-order valence-electron chi connectivity index (χ1n) is 7.33. The molecule has 2 rings (SSSR count). The summed E-state index contributed by atoms with van der Waals surface area (Å²) in [7, 11) is 0. The maximum Gasteiger partial charge on any atom is 0.246 e. The van der Waals surface area contributed by atoms with Crippen LogP contribution in [0.25, 0.3) is 0 Å². The van der Waals surface area contributed by atoms with E-state index in [4.69, 9.17) is 39.4 Å². The summed E-state index contributed by atoms with van der Waals surface area (Å²) in [6.45, 7) is 2.30. The van der Waals surface area contributed by atoms with Crippen molar-refractivity contribution in [2.45, 2.75) is 38.0 Å². The lowest BCUT2D eigenvalue weighted by Gasteiger charge is -2.17. The Hall–Kier alpha value is -1.50. The van der Waals surface area contributed by atoms with Gasteiger partial charge >= 0.3 is 0 Å². The monoisotopic (exact) mass is 358 g/mol. The van der Waals surface area contributed by atoms with Gasteiger partial charge in [-0.2, -0.15) is 0 Å². The quantitative estimate of drug-likeness (QED) is 0.553. The predicted molar refractivity (Wildman–Crippen MR) is 91.6 cm³/mol. The first-order chi connectivity index (χ1) is 10.9. The number of hydrogen-bond donors (Lipinski definition) is 3. The van der Waals surface area contributed by atoms with Crippen LogP contribution in [-0.2, 0) is 9.53 Å². The van der Waals surface area contributed by atoms with Crippen LogP contribution >= 0.6 is 23.2 Å². The molecule has 0 radical (unpaired) electrons. The van der Waals surface area contributed by atoms with Crippen LogP contribution in [0, 0.1) is 0 Å². The number of benzene rings is 1. The number of nitrogens with two attached hydrogens (primary N) is 2. The van der Waals surface area contributed by atoms with Crippen molar-refractivity contribution in [2.75, 3.05) is 6.54 Å². The maximum atomic E-state index is 11.0. The Balaban J connectivity index is 1.88. The van der Waals surface area contributed by atoms with Gasteiger partial charge in [0.25, 0.3) is 0 Å². The van der Waals surface area contributed by atoms with Gasteiger partial charge in [-0.05, 0) is 37.5 Å². The van der Waals surface area contributed by atoms with Crippen LogP contribution < -0.4 is 16.8 Å². The van der Waals surface area contributed by atoms with E-state index in [1.54, 1.807) is 12.1 Å². The van der Waals surface area contributed by atoms with E-state index in [0.717, 1.165) is 12.0 Å². The summed E-state index contributed by atoms with van der Waals surface area (Å²) < 4.78 is 5.49. The van der Waals surface area contributed by atoms with Crippen molar-refractivity contribution in [1.29, 1.82) is 0 Å². The van der Waals surface area contributed by atoms with E-state index in [-0.39, 0.29) is 18.1 Å². The molecule has 23 heavy (non-hydrogen) atoms. The van der Waals surface area contributed by atoms with E-state index in [1.807, 2.05) is 13.0 Å². The second kappa shape index (κ2) is 7.86. The molecule has 3 atom stereocenters. The van der Waals surface area contributed by atoms with Gasteiger partial charge in [0.2, 0.25) is 5.91 Å². The van der Waals surface area contributed by atoms with E-state index in [1.165, 1.54) is 0 Å². The minimum Gasteiger partial charge on any atom is -0.370 e. The molecule has 1 saturated heterocycles. The largest absolute Gasteiger partial charge is 0.370 e. The Morgan fingerprint density at radius 1 is 1.43 bits per heavy atom. The molecule has 1 amide bonds. The molecule has 0 aromatic heterocycles. The number of carbonyl (C=O) groups is 1.